The van der Waals surface area contributed by atoms with Gasteiger partial charge in [-0.25, -0.2) is 9.98 Å². The molecule has 2 aliphatic rings. The van der Waals surface area contributed by atoms with Crippen LogP contribution in [0.25, 0.3) is 11.0 Å². The van der Waals surface area contributed by atoms with Crippen molar-refractivity contribution in [2.75, 3.05) is 24.6 Å². The summed E-state index contributed by atoms with van der Waals surface area (Å²) in [6.07, 6.45) is 3.56. The van der Waals surface area contributed by atoms with Crippen molar-refractivity contribution in [3.8, 4) is 0 Å². The van der Waals surface area contributed by atoms with Crippen molar-refractivity contribution in [1.82, 2.24) is 14.5 Å². The molecule has 0 unspecified atom stereocenters. The largest absolute Gasteiger partial charge is 0.370 e. The van der Waals surface area contributed by atoms with E-state index in [1.807, 2.05) is 11.8 Å². The van der Waals surface area contributed by atoms with E-state index in [2.05, 4.69) is 39.6 Å². The topological polar surface area (TPSA) is 59.4 Å². The van der Waals surface area contributed by atoms with Gasteiger partial charge >= 0.3 is 0 Å². The summed E-state index contributed by atoms with van der Waals surface area (Å²) in [5, 5.41) is 0. The second-order valence-corrected chi connectivity index (χ2v) is 7.80. The number of aryl methyl sites for hydroxylation is 1. The third kappa shape index (κ3) is 4.07. The molecule has 5 nitrogen and oxygen atoms in total. The molecule has 25 heavy (non-hydrogen) atoms. The number of aromatic nitrogens is 2. The van der Waals surface area contributed by atoms with Gasteiger partial charge in [-0.1, -0.05) is 13.0 Å². The molecule has 1 saturated heterocycles. The highest BCUT2D eigenvalue weighted by Gasteiger charge is 2.27. The molecule has 136 valence electrons. The third-order valence-electron chi connectivity index (χ3n) is 4.81. The molecule has 4 rings (SSSR count). The van der Waals surface area contributed by atoms with Crippen LogP contribution in [0.15, 0.2) is 23.2 Å². The minimum atomic E-state index is 0. The SMILES string of the molecule is CCc1nc2cc(CN=C(N)N3CCSCC3)ccc2n1C1CC1.I. The molecule has 2 aromatic rings. The second-order valence-electron chi connectivity index (χ2n) is 6.58. The lowest BCUT2D eigenvalue weighted by Crippen LogP contribution is -2.42. The van der Waals surface area contributed by atoms with E-state index in [9.17, 15) is 0 Å². The van der Waals surface area contributed by atoms with Crippen LogP contribution in [-0.2, 0) is 13.0 Å². The van der Waals surface area contributed by atoms with Gasteiger partial charge < -0.3 is 15.2 Å². The summed E-state index contributed by atoms with van der Waals surface area (Å²) in [7, 11) is 0. The zero-order valence-corrected chi connectivity index (χ0v) is 17.8. The van der Waals surface area contributed by atoms with Gasteiger partial charge in [0, 0.05) is 37.1 Å². The first kappa shape index (κ1) is 18.8. The minimum absolute atomic E-state index is 0. The Labute approximate surface area is 170 Å². The molecule has 7 heteroatoms. The average molecular weight is 471 g/mol. The minimum Gasteiger partial charge on any atom is -0.370 e. The van der Waals surface area contributed by atoms with Crippen molar-refractivity contribution in [2.24, 2.45) is 10.7 Å². The van der Waals surface area contributed by atoms with Gasteiger partial charge in [-0.3, -0.25) is 0 Å². The maximum absolute atomic E-state index is 6.15. The van der Waals surface area contributed by atoms with Crippen molar-refractivity contribution in [3.05, 3.63) is 29.6 Å². The summed E-state index contributed by atoms with van der Waals surface area (Å²) in [5.41, 5.74) is 9.70. The highest BCUT2D eigenvalue weighted by Crippen LogP contribution is 2.38. The Bertz CT molecular complexity index is 762. The highest BCUT2D eigenvalue weighted by molar-refractivity contribution is 14.0. The molecule has 0 atom stereocenters. The second kappa shape index (κ2) is 8.16. The van der Waals surface area contributed by atoms with Crippen LogP contribution in [0.2, 0.25) is 0 Å². The molecule has 1 aromatic carbocycles. The lowest BCUT2D eigenvalue weighted by atomic mass is 10.2. The Hall–Kier alpha value is -0.960. The molecule has 2 fully saturated rings. The monoisotopic (exact) mass is 471 g/mol. The molecule has 1 aliphatic heterocycles. The molecule has 1 saturated carbocycles. The van der Waals surface area contributed by atoms with Gasteiger partial charge in [-0.2, -0.15) is 11.8 Å². The average Bonchev–Trinajstić information content (AvgIpc) is 3.40. The van der Waals surface area contributed by atoms with Crippen LogP contribution in [0.5, 0.6) is 0 Å². The van der Waals surface area contributed by atoms with E-state index in [4.69, 9.17) is 10.7 Å². The smallest absolute Gasteiger partial charge is 0.191 e. The molecule has 2 N–H and O–H groups in total. The summed E-state index contributed by atoms with van der Waals surface area (Å²) in [6, 6.07) is 7.22. The van der Waals surface area contributed by atoms with E-state index < -0.39 is 0 Å². The van der Waals surface area contributed by atoms with Crippen LogP contribution in [-0.4, -0.2) is 45.0 Å². The number of hydrogen-bond acceptors (Lipinski definition) is 3. The van der Waals surface area contributed by atoms with Crippen molar-refractivity contribution in [1.29, 1.82) is 0 Å². The lowest BCUT2D eigenvalue weighted by Gasteiger charge is -2.27. The fraction of sp³-hybridized carbons (Fsp3) is 0.556. The Morgan fingerprint density at radius 3 is 2.76 bits per heavy atom. The van der Waals surface area contributed by atoms with Gasteiger partial charge in [0.1, 0.15) is 5.82 Å². The normalized spacial score (nSPS) is 18.4. The molecular formula is C18H26IN5S. The van der Waals surface area contributed by atoms with Crippen molar-refractivity contribution in [2.45, 2.75) is 38.8 Å². The van der Waals surface area contributed by atoms with E-state index in [0.29, 0.717) is 18.5 Å². The van der Waals surface area contributed by atoms with E-state index in [1.165, 1.54) is 29.7 Å². The highest BCUT2D eigenvalue weighted by atomic mass is 127. The first-order chi connectivity index (χ1) is 11.8. The molecule has 1 aliphatic carbocycles. The lowest BCUT2D eigenvalue weighted by molar-refractivity contribution is 0.455. The molecule has 0 radical (unpaired) electrons. The van der Waals surface area contributed by atoms with E-state index in [1.54, 1.807) is 0 Å². The number of thioether (sulfide) groups is 1. The quantitative estimate of drug-likeness (QED) is 0.422. The van der Waals surface area contributed by atoms with E-state index >= 15 is 0 Å². The molecule has 0 amide bonds. The number of imidazole rings is 1. The first-order valence-electron chi connectivity index (χ1n) is 8.88. The van der Waals surface area contributed by atoms with Gasteiger partial charge in [0.15, 0.2) is 5.96 Å². The van der Waals surface area contributed by atoms with Crippen LogP contribution in [0.3, 0.4) is 0 Å². The van der Waals surface area contributed by atoms with Crippen LogP contribution < -0.4 is 5.73 Å². The number of hydrogen-bond donors (Lipinski definition) is 1. The summed E-state index contributed by atoms with van der Waals surface area (Å²) >= 11 is 1.98. The summed E-state index contributed by atoms with van der Waals surface area (Å²) in [6.45, 7) is 4.82. The number of nitrogens with zero attached hydrogens (tertiary/aromatic N) is 4. The maximum Gasteiger partial charge on any atom is 0.191 e. The van der Waals surface area contributed by atoms with Gasteiger partial charge in [-0.05, 0) is 30.5 Å². The van der Waals surface area contributed by atoms with E-state index in [0.717, 1.165) is 36.5 Å². The molecule has 2 heterocycles. The van der Waals surface area contributed by atoms with Gasteiger partial charge in [-0.15, -0.1) is 24.0 Å². The molecular weight excluding hydrogens is 445 g/mol. The van der Waals surface area contributed by atoms with Crippen molar-refractivity contribution in [3.63, 3.8) is 0 Å². The Morgan fingerprint density at radius 2 is 2.08 bits per heavy atom. The fourth-order valence-electron chi connectivity index (χ4n) is 3.35. The predicted molar refractivity (Wildman–Crippen MR) is 117 cm³/mol. The zero-order valence-electron chi connectivity index (χ0n) is 14.6. The van der Waals surface area contributed by atoms with Gasteiger partial charge in [0.25, 0.3) is 0 Å². The number of halogens is 1. The standard InChI is InChI=1S/C18H25N5S.HI/c1-2-17-21-15-11-13(3-6-16(15)23(17)14-4-5-14)12-20-18(19)22-7-9-24-10-8-22;/h3,6,11,14H,2,4-5,7-10,12H2,1H3,(H2,19,20);1H. The molecule has 1 aromatic heterocycles. The number of aliphatic imine (C=N–C) groups is 1. The zero-order chi connectivity index (χ0) is 16.5. The molecule has 0 spiro atoms. The number of rotatable bonds is 4. The van der Waals surface area contributed by atoms with Crippen LogP contribution in [0.4, 0.5) is 0 Å². The van der Waals surface area contributed by atoms with Gasteiger partial charge in [0.05, 0.1) is 17.6 Å². The Kier molecular flexibility index (Phi) is 6.14. The number of fused-ring (bicyclic) bond motifs is 1. The predicted octanol–water partition coefficient (Wildman–Crippen LogP) is 3.42. The maximum atomic E-state index is 6.15. The number of nitrogens with two attached hydrogens (primary N) is 1. The van der Waals surface area contributed by atoms with Gasteiger partial charge in [0.2, 0.25) is 0 Å². The van der Waals surface area contributed by atoms with Crippen LogP contribution in [0, 0.1) is 0 Å². The Morgan fingerprint density at radius 1 is 1.32 bits per heavy atom. The fourth-order valence-corrected chi connectivity index (χ4v) is 4.25. The number of benzene rings is 1. The molecule has 0 bridgehead atoms. The van der Waals surface area contributed by atoms with Crippen molar-refractivity contribution >= 4 is 52.7 Å². The number of guanidine groups is 1. The summed E-state index contributed by atoms with van der Waals surface area (Å²) < 4.78 is 2.43. The van der Waals surface area contributed by atoms with Crippen LogP contribution in [0.1, 0.15) is 37.2 Å². The summed E-state index contributed by atoms with van der Waals surface area (Å²) in [4.78, 5) is 11.6. The first-order valence-corrected chi connectivity index (χ1v) is 10.0. The summed E-state index contributed by atoms with van der Waals surface area (Å²) in [5.74, 6) is 4.16. The Balaban J connectivity index is 0.00000182. The van der Waals surface area contributed by atoms with Crippen LogP contribution >= 0.6 is 35.7 Å². The van der Waals surface area contributed by atoms with Crippen molar-refractivity contribution < 1.29 is 0 Å². The van der Waals surface area contributed by atoms with E-state index in [-0.39, 0.29) is 24.0 Å². The third-order valence-corrected chi connectivity index (χ3v) is 5.76.